The van der Waals surface area contributed by atoms with E-state index in [9.17, 15) is 4.79 Å². The van der Waals surface area contributed by atoms with Crippen molar-refractivity contribution in [3.05, 3.63) is 46.0 Å². The van der Waals surface area contributed by atoms with Crippen molar-refractivity contribution >= 4 is 17.3 Å². The van der Waals surface area contributed by atoms with Crippen LogP contribution in [0.1, 0.15) is 34.8 Å². The maximum atomic E-state index is 11.3. The second kappa shape index (κ2) is 6.04. The van der Waals surface area contributed by atoms with Crippen molar-refractivity contribution in [2.75, 3.05) is 14.2 Å². The van der Waals surface area contributed by atoms with E-state index in [1.807, 2.05) is 20.0 Å². The van der Waals surface area contributed by atoms with E-state index in [0.29, 0.717) is 0 Å². The number of hydrogen-bond acceptors (Lipinski definition) is 5. The fourth-order valence-electron chi connectivity index (χ4n) is 1.81. The maximum Gasteiger partial charge on any atom is 0.373 e. The molecule has 0 N–H and O–H groups in total. The first-order valence-electron chi connectivity index (χ1n) is 6.01. The number of carbonyl (C=O) groups excluding carboxylic acids is 1. The van der Waals surface area contributed by atoms with E-state index >= 15 is 0 Å². The lowest BCUT2D eigenvalue weighted by Crippen LogP contribution is -2.21. The van der Waals surface area contributed by atoms with Gasteiger partial charge in [-0.2, -0.15) is 11.3 Å². The maximum absolute atomic E-state index is 11.3. The summed E-state index contributed by atoms with van der Waals surface area (Å²) in [6.45, 7) is 2.89. The van der Waals surface area contributed by atoms with Crippen LogP contribution in [0.5, 0.6) is 0 Å². The molecule has 0 saturated carbocycles. The Labute approximate surface area is 116 Å². The summed E-state index contributed by atoms with van der Waals surface area (Å²) in [4.78, 5) is 13.5. The van der Waals surface area contributed by atoms with E-state index in [4.69, 9.17) is 4.42 Å². The first-order chi connectivity index (χ1) is 9.11. The number of furan rings is 1. The standard InChI is InChI=1S/C14H17NO3S/c1-10(15(2)8-11-6-7-19-9-11)12-4-5-13(18-12)14(16)17-3/h4-7,9-10H,8H2,1-3H3. The highest BCUT2D eigenvalue weighted by atomic mass is 32.1. The predicted octanol–water partition coefficient (Wildman–Crippen LogP) is 3.32. The number of nitrogens with zero attached hydrogens (tertiary/aromatic N) is 1. The zero-order valence-electron chi connectivity index (χ0n) is 11.3. The summed E-state index contributed by atoms with van der Waals surface area (Å²) < 4.78 is 10.2. The van der Waals surface area contributed by atoms with E-state index in [-0.39, 0.29) is 11.8 Å². The molecule has 19 heavy (non-hydrogen) atoms. The van der Waals surface area contributed by atoms with E-state index in [0.717, 1.165) is 12.3 Å². The van der Waals surface area contributed by atoms with Crippen LogP contribution in [0.15, 0.2) is 33.4 Å². The van der Waals surface area contributed by atoms with Crippen LogP contribution in [-0.2, 0) is 11.3 Å². The summed E-state index contributed by atoms with van der Waals surface area (Å²) in [5, 5.41) is 4.20. The molecular formula is C14H17NO3S. The summed E-state index contributed by atoms with van der Waals surface area (Å²) in [7, 11) is 3.37. The SMILES string of the molecule is COC(=O)c1ccc(C(C)N(C)Cc2ccsc2)o1. The van der Waals surface area contributed by atoms with Crippen molar-refractivity contribution in [1.29, 1.82) is 0 Å². The summed E-state index contributed by atoms with van der Waals surface area (Å²) in [6.07, 6.45) is 0. The molecule has 0 saturated heterocycles. The van der Waals surface area contributed by atoms with Crippen molar-refractivity contribution < 1.29 is 13.9 Å². The normalized spacial score (nSPS) is 12.6. The van der Waals surface area contributed by atoms with Crippen LogP contribution in [0, 0.1) is 0 Å². The van der Waals surface area contributed by atoms with Crippen LogP contribution >= 0.6 is 11.3 Å². The molecule has 0 bridgehead atoms. The third kappa shape index (κ3) is 3.24. The summed E-state index contributed by atoms with van der Waals surface area (Å²) in [5.41, 5.74) is 1.28. The Balaban J connectivity index is 2.04. The molecule has 5 heteroatoms. The Kier molecular flexibility index (Phi) is 4.39. The molecule has 0 fully saturated rings. The second-order valence-corrected chi connectivity index (χ2v) is 5.20. The quantitative estimate of drug-likeness (QED) is 0.787. The van der Waals surface area contributed by atoms with E-state index in [1.165, 1.54) is 12.7 Å². The highest BCUT2D eigenvalue weighted by Crippen LogP contribution is 2.23. The molecule has 0 spiro atoms. The van der Waals surface area contributed by atoms with Gasteiger partial charge in [-0.05, 0) is 48.5 Å². The Hall–Kier alpha value is -1.59. The molecule has 1 atom stereocenters. The lowest BCUT2D eigenvalue weighted by Gasteiger charge is -2.22. The Morgan fingerprint density at radius 1 is 1.47 bits per heavy atom. The molecule has 2 aromatic heterocycles. The Bertz CT molecular complexity index is 533. The van der Waals surface area contributed by atoms with Gasteiger partial charge in [-0.15, -0.1) is 0 Å². The van der Waals surface area contributed by atoms with Gasteiger partial charge in [0.1, 0.15) is 5.76 Å². The van der Waals surface area contributed by atoms with Crippen LogP contribution in [0.2, 0.25) is 0 Å². The van der Waals surface area contributed by atoms with Crippen molar-refractivity contribution in [2.45, 2.75) is 19.5 Å². The van der Waals surface area contributed by atoms with E-state index in [2.05, 4.69) is 26.5 Å². The van der Waals surface area contributed by atoms with Crippen LogP contribution in [0.25, 0.3) is 0 Å². The first kappa shape index (κ1) is 13.8. The zero-order chi connectivity index (χ0) is 13.8. The molecule has 102 valence electrons. The molecular weight excluding hydrogens is 262 g/mol. The van der Waals surface area contributed by atoms with Gasteiger partial charge in [0, 0.05) is 6.54 Å². The lowest BCUT2D eigenvalue weighted by atomic mass is 10.2. The van der Waals surface area contributed by atoms with Crippen molar-refractivity contribution in [2.24, 2.45) is 0 Å². The second-order valence-electron chi connectivity index (χ2n) is 4.42. The van der Waals surface area contributed by atoms with Gasteiger partial charge in [-0.1, -0.05) is 0 Å². The van der Waals surface area contributed by atoms with Gasteiger partial charge in [0.05, 0.1) is 13.2 Å². The molecule has 4 nitrogen and oxygen atoms in total. The van der Waals surface area contributed by atoms with Crippen LogP contribution in [0.4, 0.5) is 0 Å². The fourth-order valence-corrected chi connectivity index (χ4v) is 2.47. The number of hydrogen-bond donors (Lipinski definition) is 0. The van der Waals surface area contributed by atoms with Crippen LogP contribution < -0.4 is 0 Å². The molecule has 1 unspecified atom stereocenters. The largest absolute Gasteiger partial charge is 0.463 e. The first-order valence-corrected chi connectivity index (χ1v) is 6.95. The van der Waals surface area contributed by atoms with E-state index in [1.54, 1.807) is 17.4 Å². The highest BCUT2D eigenvalue weighted by molar-refractivity contribution is 7.07. The number of thiophene rings is 1. The lowest BCUT2D eigenvalue weighted by molar-refractivity contribution is 0.0559. The van der Waals surface area contributed by atoms with Gasteiger partial charge >= 0.3 is 5.97 Å². The van der Waals surface area contributed by atoms with E-state index < -0.39 is 5.97 Å². The average molecular weight is 279 g/mol. The van der Waals surface area contributed by atoms with Gasteiger partial charge in [0.15, 0.2) is 0 Å². The Morgan fingerprint density at radius 3 is 2.89 bits per heavy atom. The van der Waals surface area contributed by atoms with Crippen molar-refractivity contribution in [1.82, 2.24) is 4.90 Å². The average Bonchev–Trinajstić information content (AvgIpc) is 3.07. The number of carbonyl (C=O) groups is 1. The van der Waals surface area contributed by atoms with Gasteiger partial charge in [0.25, 0.3) is 0 Å². The molecule has 0 aromatic carbocycles. The third-order valence-electron chi connectivity index (χ3n) is 3.10. The molecule has 0 aliphatic heterocycles. The summed E-state index contributed by atoms with van der Waals surface area (Å²) >= 11 is 1.69. The van der Waals surface area contributed by atoms with Gasteiger partial charge in [-0.25, -0.2) is 4.79 Å². The minimum absolute atomic E-state index is 0.0957. The monoisotopic (exact) mass is 279 g/mol. The fraction of sp³-hybridized carbons (Fsp3) is 0.357. The molecule has 2 rings (SSSR count). The Morgan fingerprint density at radius 2 is 2.26 bits per heavy atom. The minimum Gasteiger partial charge on any atom is -0.463 e. The zero-order valence-corrected chi connectivity index (χ0v) is 12.1. The predicted molar refractivity (Wildman–Crippen MR) is 74.2 cm³/mol. The number of ether oxygens (including phenoxy) is 1. The minimum atomic E-state index is -0.445. The number of methoxy groups -OCH3 is 1. The molecule has 0 radical (unpaired) electrons. The summed E-state index contributed by atoms with van der Waals surface area (Å²) in [6, 6.07) is 5.67. The molecule has 0 amide bonds. The van der Waals surface area contributed by atoms with Crippen molar-refractivity contribution in [3.63, 3.8) is 0 Å². The molecule has 0 aliphatic carbocycles. The smallest absolute Gasteiger partial charge is 0.373 e. The van der Waals surface area contributed by atoms with Gasteiger partial charge in [0.2, 0.25) is 5.76 Å². The van der Waals surface area contributed by atoms with Gasteiger partial charge < -0.3 is 9.15 Å². The van der Waals surface area contributed by atoms with Crippen molar-refractivity contribution in [3.8, 4) is 0 Å². The highest BCUT2D eigenvalue weighted by Gasteiger charge is 2.18. The topological polar surface area (TPSA) is 42.7 Å². The third-order valence-corrected chi connectivity index (χ3v) is 3.83. The summed E-state index contributed by atoms with van der Waals surface area (Å²) in [5.74, 6) is 0.561. The number of rotatable bonds is 5. The number of esters is 1. The van der Waals surface area contributed by atoms with Gasteiger partial charge in [-0.3, -0.25) is 4.90 Å². The van der Waals surface area contributed by atoms with Crippen LogP contribution in [0.3, 0.4) is 0 Å². The molecule has 2 aromatic rings. The molecule has 0 aliphatic rings. The molecule has 2 heterocycles. The van der Waals surface area contributed by atoms with Crippen LogP contribution in [-0.4, -0.2) is 25.0 Å².